The highest BCUT2D eigenvalue weighted by Crippen LogP contribution is 2.19. The standard InChI is InChI=1S/C23H33N3/c1-25(2)19-23(21-11-7-4-8-12-21)24-22-14-17-26(18-15-22)16-13-20-9-5-3-6-10-20/h3-12,22-24H,13-19H2,1-2H3. The fourth-order valence-corrected chi connectivity index (χ4v) is 3.84. The maximum Gasteiger partial charge on any atom is 0.0451 e. The van der Waals surface area contributed by atoms with Crippen LogP contribution in [0.25, 0.3) is 0 Å². The fourth-order valence-electron chi connectivity index (χ4n) is 3.84. The Hall–Kier alpha value is -1.68. The van der Waals surface area contributed by atoms with Crippen LogP contribution in [0.1, 0.15) is 30.0 Å². The number of rotatable bonds is 8. The Balaban J connectivity index is 1.47. The number of hydrogen-bond donors (Lipinski definition) is 1. The highest BCUT2D eigenvalue weighted by atomic mass is 15.2. The Kier molecular flexibility index (Phi) is 7.24. The molecule has 26 heavy (non-hydrogen) atoms. The molecule has 1 fully saturated rings. The van der Waals surface area contributed by atoms with E-state index >= 15 is 0 Å². The molecule has 1 aliphatic heterocycles. The lowest BCUT2D eigenvalue weighted by Gasteiger charge is -2.35. The number of benzene rings is 2. The molecule has 1 aliphatic rings. The second-order valence-electron chi connectivity index (χ2n) is 7.74. The average Bonchev–Trinajstić information content (AvgIpc) is 2.68. The molecule has 1 heterocycles. The van der Waals surface area contributed by atoms with Gasteiger partial charge in [-0.25, -0.2) is 0 Å². The van der Waals surface area contributed by atoms with Gasteiger partial charge in [0.1, 0.15) is 0 Å². The highest BCUT2D eigenvalue weighted by Gasteiger charge is 2.22. The predicted molar refractivity (Wildman–Crippen MR) is 110 cm³/mol. The van der Waals surface area contributed by atoms with E-state index in [1.807, 2.05) is 0 Å². The molecule has 3 heteroatoms. The molecule has 0 aromatic heterocycles. The summed E-state index contributed by atoms with van der Waals surface area (Å²) in [7, 11) is 4.31. The lowest BCUT2D eigenvalue weighted by molar-refractivity contribution is 0.186. The first-order valence-corrected chi connectivity index (χ1v) is 9.93. The van der Waals surface area contributed by atoms with Crippen molar-refractivity contribution in [3.05, 3.63) is 71.8 Å². The third kappa shape index (κ3) is 5.94. The molecule has 0 aliphatic carbocycles. The first-order valence-electron chi connectivity index (χ1n) is 9.93. The summed E-state index contributed by atoms with van der Waals surface area (Å²) in [6.45, 7) is 4.62. The van der Waals surface area contributed by atoms with Gasteiger partial charge in [-0.1, -0.05) is 60.7 Å². The van der Waals surface area contributed by atoms with Crippen molar-refractivity contribution >= 4 is 0 Å². The van der Waals surface area contributed by atoms with Crippen LogP contribution in [0, 0.1) is 0 Å². The van der Waals surface area contributed by atoms with Crippen molar-refractivity contribution in [2.24, 2.45) is 0 Å². The summed E-state index contributed by atoms with van der Waals surface area (Å²) in [6, 6.07) is 22.8. The molecule has 1 saturated heterocycles. The molecule has 0 saturated carbocycles. The van der Waals surface area contributed by atoms with E-state index < -0.39 is 0 Å². The van der Waals surface area contributed by atoms with Gasteiger partial charge in [-0.15, -0.1) is 0 Å². The van der Waals surface area contributed by atoms with E-state index in [2.05, 4.69) is 89.9 Å². The molecule has 0 spiro atoms. The first-order chi connectivity index (χ1) is 12.7. The Morgan fingerprint density at radius 2 is 1.58 bits per heavy atom. The third-order valence-corrected chi connectivity index (χ3v) is 5.33. The Labute approximate surface area is 159 Å². The summed E-state index contributed by atoms with van der Waals surface area (Å²) in [5.41, 5.74) is 2.84. The van der Waals surface area contributed by atoms with Crippen LogP contribution in [0.5, 0.6) is 0 Å². The molecule has 0 radical (unpaired) electrons. The molecule has 1 unspecified atom stereocenters. The van der Waals surface area contributed by atoms with Gasteiger partial charge < -0.3 is 15.1 Å². The molecule has 2 aromatic rings. The van der Waals surface area contributed by atoms with Gasteiger partial charge in [0.05, 0.1) is 0 Å². The van der Waals surface area contributed by atoms with E-state index in [1.54, 1.807) is 0 Å². The van der Waals surface area contributed by atoms with Crippen LogP contribution in [0.15, 0.2) is 60.7 Å². The number of likely N-dealkylation sites (tertiary alicyclic amines) is 1. The lowest BCUT2D eigenvalue weighted by atomic mass is 10.00. The number of nitrogens with zero attached hydrogens (tertiary/aromatic N) is 2. The van der Waals surface area contributed by atoms with E-state index in [0.717, 1.165) is 13.0 Å². The second-order valence-corrected chi connectivity index (χ2v) is 7.74. The lowest BCUT2D eigenvalue weighted by Crippen LogP contribution is -2.45. The van der Waals surface area contributed by atoms with Gasteiger partial charge in [0, 0.05) is 25.2 Å². The summed E-state index contributed by atoms with van der Waals surface area (Å²) in [5, 5.41) is 3.93. The molecular formula is C23H33N3. The van der Waals surface area contributed by atoms with Gasteiger partial charge in [0.15, 0.2) is 0 Å². The van der Waals surface area contributed by atoms with Gasteiger partial charge in [0.2, 0.25) is 0 Å². The van der Waals surface area contributed by atoms with Crippen LogP contribution < -0.4 is 5.32 Å². The topological polar surface area (TPSA) is 18.5 Å². The fraction of sp³-hybridized carbons (Fsp3) is 0.478. The van der Waals surface area contributed by atoms with E-state index in [4.69, 9.17) is 0 Å². The Morgan fingerprint density at radius 1 is 0.962 bits per heavy atom. The molecule has 2 aromatic carbocycles. The molecule has 0 bridgehead atoms. The third-order valence-electron chi connectivity index (χ3n) is 5.33. The zero-order valence-corrected chi connectivity index (χ0v) is 16.3. The summed E-state index contributed by atoms with van der Waals surface area (Å²) >= 11 is 0. The zero-order valence-electron chi connectivity index (χ0n) is 16.3. The van der Waals surface area contributed by atoms with Gasteiger partial charge in [0.25, 0.3) is 0 Å². The minimum absolute atomic E-state index is 0.409. The van der Waals surface area contributed by atoms with Crippen molar-refractivity contribution in [3.63, 3.8) is 0 Å². The number of nitrogens with one attached hydrogen (secondary N) is 1. The first kappa shape index (κ1) is 19.1. The summed E-state index contributed by atoms with van der Waals surface area (Å²) < 4.78 is 0. The molecular weight excluding hydrogens is 318 g/mol. The summed E-state index contributed by atoms with van der Waals surface area (Å²) in [4.78, 5) is 4.90. The number of hydrogen-bond acceptors (Lipinski definition) is 3. The molecule has 1 atom stereocenters. The molecule has 3 nitrogen and oxygen atoms in total. The minimum atomic E-state index is 0.409. The van der Waals surface area contributed by atoms with Crippen LogP contribution in [-0.4, -0.2) is 56.1 Å². The smallest absolute Gasteiger partial charge is 0.0451 e. The van der Waals surface area contributed by atoms with Gasteiger partial charge >= 0.3 is 0 Å². The van der Waals surface area contributed by atoms with Crippen molar-refractivity contribution in [1.82, 2.24) is 15.1 Å². The highest BCUT2D eigenvalue weighted by molar-refractivity contribution is 5.19. The predicted octanol–water partition coefficient (Wildman–Crippen LogP) is 3.59. The van der Waals surface area contributed by atoms with E-state index in [1.165, 1.54) is 43.6 Å². The average molecular weight is 352 g/mol. The number of likely N-dealkylation sites (N-methyl/N-ethyl adjacent to an activating group) is 1. The SMILES string of the molecule is CN(C)CC(NC1CCN(CCc2ccccc2)CC1)c1ccccc1. The van der Waals surface area contributed by atoms with Crippen molar-refractivity contribution in [2.45, 2.75) is 31.3 Å². The Bertz CT molecular complexity index is 618. The zero-order chi connectivity index (χ0) is 18.2. The van der Waals surface area contributed by atoms with Crippen molar-refractivity contribution in [1.29, 1.82) is 0 Å². The van der Waals surface area contributed by atoms with Gasteiger partial charge in [-0.05, 0) is 57.6 Å². The van der Waals surface area contributed by atoms with Crippen molar-refractivity contribution in [2.75, 3.05) is 40.3 Å². The van der Waals surface area contributed by atoms with Crippen molar-refractivity contribution in [3.8, 4) is 0 Å². The summed E-state index contributed by atoms with van der Waals surface area (Å²) in [6.07, 6.45) is 3.64. The van der Waals surface area contributed by atoms with Crippen molar-refractivity contribution < 1.29 is 0 Å². The maximum absolute atomic E-state index is 3.93. The van der Waals surface area contributed by atoms with E-state index in [0.29, 0.717) is 12.1 Å². The van der Waals surface area contributed by atoms with Crippen LogP contribution in [0.3, 0.4) is 0 Å². The number of piperidine rings is 1. The van der Waals surface area contributed by atoms with E-state index in [9.17, 15) is 0 Å². The normalized spacial score (nSPS) is 17.5. The summed E-state index contributed by atoms with van der Waals surface area (Å²) in [5.74, 6) is 0. The van der Waals surface area contributed by atoms with Gasteiger partial charge in [-0.2, -0.15) is 0 Å². The van der Waals surface area contributed by atoms with Crippen LogP contribution in [-0.2, 0) is 6.42 Å². The molecule has 3 rings (SSSR count). The quantitative estimate of drug-likeness (QED) is 0.784. The van der Waals surface area contributed by atoms with Gasteiger partial charge in [-0.3, -0.25) is 0 Å². The monoisotopic (exact) mass is 351 g/mol. The maximum atomic E-state index is 3.93. The van der Waals surface area contributed by atoms with Crippen LogP contribution in [0.2, 0.25) is 0 Å². The molecule has 1 N–H and O–H groups in total. The van der Waals surface area contributed by atoms with Crippen LogP contribution >= 0.6 is 0 Å². The largest absolute Gasteiger partial charge is 0.308 e. The Morgan fingerprint density at radius 3 is 2.19 bits per heavy atom. The van der Waals surface area contributed by atoms with Crippen LogP contribution in [0.4, 0.5) is 0 Å². The van der Waals surface area contributed by atoms with E-state index in [-0.39, 0.29) is 0 Å². The second kappa shape index (κ2) is 9.86. The molecule has 0 amide bonds. The minimum Gasteiger partial charge on any atom is -0.308 e. The molecule has 140 valence electrons.